The second kappa shape index (κ2) is 5.53. The van der Waals surface area contributed by atoms with Crippen LogP contribution in [-0.2, 0) is 11.3 Å². The highest BCUT2D eigenvalue weighted by Crippen LogP contribution is 2.22. The van der Waals surface area contributed by atoms with E-state index in [2.05, 4.69) is 0 Å². The number of carbonyl (C=O) groups is 1. The number of aliphatic hydroxyl groups is 1. The van der Waals surface area contributed by atoms with Crippen LogP contribution in [0.25, 0.3) is 0 Å². The van der Waals surface area contributed by atoms with Gasteiger partial charge < -0.3 is 10.0 Å². The highest BCUT2D eigenvalue weighted by Gasteiger charge is 2.15. The van der Waals surface area contributed by atoms with E-state index in [9.17, 15) is 4.79 Å². The number of hydrogen-bond acceptors (Lipinski definition) is 2. The van der Waals surface area contributed by atoms with Crippen molar-refractivity contribution in [2.24, 2.45) is 0 Å². The van der Waals surface area contributed by atoms with Gasteiger partial charge in [0.2, 0.25) is 0 Å². The van der Waals surface area contributed by atoms with Crippen molar-refractivity contribution < 1.29 is 9.90 Å². The van der Waals surface area contributed by atoms with E-state index in [1.54, 1.807) is 25.2 Å². The van der Waals surface area contributed by atoms with Crippen LogP contribution < -0.4 is 0 Å². The standard InChI is InChI=1S/C11H13Cl2NO2/c1-7(15)11(16)14(2)6-8-3-4-9(12)5-10(8)13/h3-5,7,15H,6H2,1-2H3. The van der Waals surface area contributed by atoms with Gasteiger partial charge in [-0.05, 0) is 24.6 Å². The molecule has 1 aromatic carbocycles. The van der Waals surface area contributed by atoms with Gasteiger partial charge in [-0.3, -0.25) is 4.79 Å². The Balaban J connectivity index is 2.77. The van der Waals surface area contributed by atoms with Gasteiger partial charge in [0.15, 0.2) is 0 Å². The smallest absolute Gasteiger partial charge is 0.251 e. The largest absolute Gasteiger partial charge is 0.384 e. The van der Waals surface area contributed by atoms with Crippen LogP contribution in [0.15, 0.2) is 18.2 Å². The van der Waals surface area contributed by atoms with Gasteiger partial charge in [0.1, 0.15) is 6.10 Å². The van der Waals surface area contributed by atoms with Crippen molar-refractivity contribution in [2.45, 2.75) is 19.6 Å². The summed E-state index contributed by atoms with van der Waals surface area (Å²) >= 11 is 11.7. The Kier molecular flexibility index (Phi) is 4.59. The number of hydrogen-bond donors (Lipinski definition) is 1. The van der Waals surface area contributed by atoms with Crippen molar-refractivity contribution in [3.05, 3.63) is 33.8 Å². The summed E-state index contributed by atoms with van der Waals surface area (Å²) in [6.07, 6.45) is -1.00. The fourth-order valence-corrected chi connectivity index (χ4v) is 1.77. The summed E-state index contributed by atoms with van der Waals surface area (Å²) in [5.41, 5.74) is 0.794. The summed E-state index contributed by atoms with van der Waals surface area (Å²) in [5.74, 6) is -0.342. The van der Waals surface area contributed by atoms with Crippen LogP contribution in [0.3, 0.4) is 0 Å². The predicted molar refractivity (Wildman–Crippen MR) is 64.6 cm³/mol. The molecule has 0 aliphatic carbocycles. The molecule has 0 heterocycles. The molecule has 3 nitrogen and oxygen atoms in total. The molecular formula is C11H13Cl2NO2. The normalized spacial score (nSPS) is 12.3. The molecule has 16 heavy (non-hydrogen) atoms. The lowest BCUT2D eigenvalue weighted by atomic mass is 10.2. The molecule has 1 unspecified atom stereocenters. The fraction of sp³-hybridized carbons (Fsp3) is 0.364. The van der Waals surface area contributed by atoms with Crippen LogP contribution in [0.2, 0.25) is 10.0 Å². The zero-order valence-electron chi connectivity index (χ0n) is 9.08. The number of amides is 1. The molecule has 1 amide bonds. The second-order valence-corrected chi connectivity index (χ2v) is 4.45. The lowest BCUT2D eigenvalue weighted by Gasteiger charge is -2.19. The maximum absolute atomic E-state index is 11.4. The van der Waals surface area contributed by atoms with E-state index in [-0.39, 0.29) is 5.91 Å². The number of aliphatic hydroxyl groups excluding tert-OH is 1. The first-order valence-corrected chi connectivity index (χ1v) is 5.54. The summed E-state index contributed by atoms with van der Waals surface area (Å²) in [6, 6.07) is 5.10. The molecule has 0 aliphatic rings. The molecule has 0 fully saturated rings. The Hall–Kier alpha value is -0.770. The average molecular weight is 262 g/mol. The van der Waals surface area contributed by atoms with Crippen molar-refractivity contribution in [3.8, 4) is 0 Å². The van der Waals surface area contributed by atoms with Crippen molar-refractivity contribution >= 4 is 29.1 Å². The molecule has 1 atom stereocenters. The van der Waals surface area contributed by atoms with Gasteiger partial charge in [0.25, 0.3) is 5.91 Å². The number of benzene rings is 1. The summed E-state index contributed by atoms with van der Waals surface area (Å²) < 4.78 is 0. The van der Waals surface area contributed by atoms with Crippen LogP contribution in [0.4, 0.5) is 0 Å². The van der Waals surface area contributed by atoms with Crippen LogP contribution in [0.5, 0.6) is 0 Å². The van der Waals surface area contributed by atoms with Crippen molar-refractivity contribution in [3.63, 3.8) is 0 Å². The van der Waals surface area contributed by atoms with Gasteiger partial charge >= 0.3 is 0 Å². The first-order chi connectivity index (χ1) is 7.41. The van der Waals surface area contributed by atoms with Gasteiger partial charge in [0, 0.05) is 23.6 Å². The SMILES string of the molecule is CC(O)C(=O)N(C)Cc1ccc(Cl)cc1Cl. The number of rotatable bonds is 3. The van der Waals surface area contributed by atoms with E-state index in [1.807, 2.05) is 0 Å². The van der Waals surface area contributed by atoms with Crippen molar-refractivity contribution in [2.75, 3.05) is 7.05 Å². The molecule has 5 heteroatoms. The molecule has 0 aliphatic heterocycles. The molecule has 88 valence electrons. The van der Waals surface area contributed by atoms with E-state index in [1.165, 1.54) is 11.8 Å². The number of nitrogens with zero attached hydrogens (tertiary/aromatic N) is 1. The quantitative estimate of drug-likeness (QED) is 0.908. The Morgan fingerprint density at radius 3 is 2.62 bits per heavy atom. The number of halogens is 2. The van der Waals surface area contributed by atoms with E-state index in [0.29, 0.717) is 16.6 Å². The predicted octanol–water partition coefficient (Wildman–Crippen LogP) is 2.33. The van der Waals surface area contributed by atoms with E-state index in [4.69, 9.17) is 28.3 Å². The van der Waals surface area contributed by atoms with E-state index < -0.39 is 6.10 Å². The molecule has 0 radical (unpaired) electrons. The number of likely N-dealkylation sites (N-methyl/N-ethyl adjacent to an activating group) is 1. The maximum Gasteiger partial charge on any atom is 0.251 e. The summed E-state index contributed by atoms with van der Waals surface area (Å²) in [5, 5.41) is 10.2. The van der Waals surface area contributed by atoms with Crippen LogP contribution in [0.1, 0.15) is 12.5 Å². The lowest BCUT2D eigenvalue weighted by Crippen LogP contribution is -2.34. The van der Waals surface area contributed by atoms with Gasteiger partial charge in [0.05, 0.1) is 0 Å². The summed E-state index contributed by atoms with van der Waals surface area (Å²) in [7, 11) is 1.61. The Morgan fingerprint density at radius 1 is 1.50 bits per heavy atom. The number of carbonyl (C=O) groups excluding carboxylic acids is 1. The highest BCUT2D eigenvalue weighted by molar-refractivity contribution is 6.35. The summed E-state index contributed by atoms with van der Waals surface area (Å²) in [4.78, 5) is 12.8. The monoisotopic (exact) mass is 261 g/mol. The molecule has 1 N–H and O–H groups in total. The third-order valence-electron chi connectivity index (χ3n) is 2.16. The Labute approximate surface area is 105 Å². The Bertz CT molecular complexity index is 394. The molecule has 1 aromatic rings. The van der Waals surface area contributed by atoms with Crippen LogP contribution in [0, 0.1) is 0 Å². The van der Waals surface area contributed by atoms with Gasteiger partial charge in [-0.25, -0.2) is 0 Å². The molecule has 1 rings (SSSR count). The fourth-order valence-electron chi connectivity index (χ4n) is 1.30. The van der Waals surface area contributed by atoms with Crippen molar-refractivity contribution in [1.29, 1.82) is 0 Å². The van der Waals surface area contributed by atoms with Crippen molar-refractivity contribution in [1.82, 2.24) is 4.90 Å². The third-order valence-corrected chi connectivity index (χ3v) is 2.74. The molecule has 0 bridgehead atoms. The Morgan fingerprint density at radius 2 is 2.12 bits per heavy atom. The average Bonchev–Trinajstić information content (AvgIpc) is 2.20. The molecule has 0 saturated carbocycles. The first kappa shape index (κ1) is 13.3. The van der Waals surface area contributed by atoms with Crippen LogP contribution >= 0.6 is 23.2 Å². The van der Waals surface area contributed by atoms with Gasteiger partial charge in [-0.1, -0.05) is 29.3 Å². The minimum atomic E-state index is -1.00. The second-order valence-electron chi connectivity index (χ2n) is 3.61. The topological polar surface area (TPSA) is 40.5 Å². The summed E-state index contributed by atoms with van der Waals surface area (Å²) in [6.45, 7) is 1.78. The highest BCUT2D eigenvalue weighted by atomic mass is 35.5. The zero-order valence-corrected chi connectivity index (χ0v) is 10.6. The molecular weight excluding hydrogens is 249 g/mol. The van der Waals surface area contributed by atoms with E-state index >= 15 is 0 Å². The minimum Gasteiger partial charge on any atom is -0.384 e. The first-order valence-electron chi connectivity index (χ1n) is 4.78. The van der Waals surface area contributed by atoms with Gasteiger partial charge in [-0.15, -0.1) is 0 Å². The molecule has 0 spiro atoms. The van der Waals surface area contributed by atoms with E-state index in [0.717, 1.165) is 5.56 Å². The molecule has 0 saturated heterocycles. The third kappa shape index (κ3) is 3.37. The zero-order chi connectivity index (χ0) is 12.3. The maximum atomic E-state index is 11.4. The van der Waals surface area contributed by atoms with Crippen LogP contribution in [-0.4, -0.2) is 29.1 Å². The molecule has 0 aromatic heterocycles. The minimum absolute atomic E-state index is 0.342. The van der Waals surface area contributed by atoms with Gasteiger partial charge in [-0.2, -0.15) is 0 Å². The lowest BCUT2D eigenvalue weighted by molar-refractivity contribution is -0.138.